The Morgan fingerprint density at radius 3 is 2.68 bits per heavy atom. The minimum absolute atomic E-state index is 0.374. The number of furan rings is 1. The summed E-state index contributed by atoms with van der Waals surface area (Å²) >= 11 is 0. The number of aliphatic hydroxyl groups excluding tert-OH is 1. The highest BCUT2D eigenvalue weighted by Crippen LogP contribution is 2.29. The van der Waals surface area contributed by atoms with Crippen LogP contribution in [0.1, 0.15) is 32.8 Å². The van der Waals surface area contributed by atoms with E-state index < -0.39 is 6.10 Å². The third-order valence-corrected chi connectivity index (χ3v) is 4.18. The minimum Gasteiger partial charge on any atom is -0.464 e. The van der Waals surface area contributed by atoms with Gasteiger partial charge in [-0.15, -0.1) is 0 Å². The molecule has 0 fully saturated rings. The molecule has 3 rings (SSSR count). The summed E-state index contributed by atoms with van der Waals surface area (Å²) in [5, 5.41) is 12.0. The summed E-state index contributed by atoms with van der Waals surface area (Å²) in [5.74, 6) is 0. The molecule has 130 valence electrons. The van der Waals surface area contributed by atoms with Gasteiger partial charge in [0.05, 0.1) is 12.4 Å². The number of aliphatic hydroxyl groups is 1. The fourth-order valence-electron chi connectivity index (χ4n) is 3.09. The maximum atomic E-state index is 11.5. The van der Waals surface area contributed by atoms with E-state index in [9.17, 15) is 9.90 Å². The Hall–Kier alpha value is -2.59. The summed E-state index contributed by atoms with van der Waals surface area (Å²) in [4.78, 5) is 11.5. The molecular weight excluding hydrogens is 316 g/mol. The van der Waals surface area contributed by atoms with Gasteiger partial charge in [0.2, 0.25) is 0 Å². The standard InChI is InChI=1S/C21H22O4/c1-13(2)10-15(22)11-14(3)4-5-16-17-6-7-21(23)25-20(17)12-19-18(16)8-9-24-19/h4,6-10,12,15,22H,5,11H2,1-3H3/b14-4+/t15-/m0/s1. The smallest absolute Gasteiger partial charge is 0.336 e. The molecule has 0 aliphatic carbocycles. The lowest BCUT2D eigenvalue weighted by molar-refractivity contribution is 0.222. The Balaban J connectivity index is 1.96. The third-order valence-electron chi connectivity index (χ3n) is 4.18. The van der Waals surface area contributed by atoms with Crippen molar-refractivity contribution in [2.45, 2.75) is 39.7 Å². The summed E-state index contributed by atoms with van der Waals surface area (Å²) in [6.45, 7) is 5.96. The molecule has 0 saturated carbocycles. The summed E-state index contributed by atoms with van der Waals surface area (Å²) in [7, 11) is 0. The van der Waals surface area contributed by atoms with Crippen molar-refractivity contribution in [3.63, 3.8) is 0 Å². The fourth-order valence-corrected chi connectivity index (χ4v) is 3.09. The van der Waals surface area contributed by atoms with Crippen molar-refractivity contribution >= 4 is 21.9 Å². The van der Waals surface area contributed by atoms with E-state index in [0.717, 1.165) is 27.5 Å². The highest BCUT2D eigenvalue weighted by atomic mass is 16.4. The van der Waals surface area contributed by atoms with Crippen LogP contribution >= 0.6 is 0 Å². The molecule has 0 unspecified atom stereocenters. The van der Waals surface area contributed by atoms with Gasteiger partial charge in [0.25, 0.3) is 0 Å². The van der Waals surface area contributed by atoms with Crippen LogP contribution in [0, 0.1) is 0 Å². The van der Waals surface area contributed by atoms with Crippen LogP contribution in [-0.2, 0) is 6.42 Å². The molecule has 0 aliphatic heterocycles. The van der Waals surface area contributed by atoms with Crippen LogP contribution in [0.2, 0.25) is 0 Å². The molecule has 0 radical (unpaired) electrons. The minimum atomic E-state index is -0.472. The average molecular weight is 338 g/mol. The molecule has 2 aromatic heterocycles. The number of fused-ring (bicyclic) bond motifs is 2. The van der Waals surface area contributed by atoms with Crippen LogP contribution in [0.15, 0.2) is 67.5 Å². The lowest BCUT2D eigenvalue weighted by Crippen LogP contribution is -2.03. The highest BCUT2D eigenvalue weighted by Gasteiger charge is 2.11. The van der Waals surface area contributed by atoms with Gasteiger partial charge in [-0.3, -0.25) is 0 Å². The molecule has 1 atom stereocenters. The molecule has 0 aliphatic rings. The second-order valence-electron chi connectivity index (χ2n) is 6.62. The van der Waals surface area contributed by atoms with Crippen molar-refractivity contribution in [3.8, 4) is 0 Å². The number of rotatable bonds is 5. The van der Waals surface area contributed by atoms with E-state index in [1.54, 1.807) is 18.4 Å². The van der Waals surface area contributed by atoms with Gasteiger partial charge in [-0.25, -0.2) is 4.79 Å². The Kier molecular flexibility index (Phi) is 4.91. The predicted molar refractivity (Wildman–Crippen MR) is 99.8 cm³/mol. The monoisotopic (exact) mass is 338 g/mol. The lowest BCUT2D eigenvalue weighted by Gasteiger charge is -2.09. The van der Waals surface area contributed by atoms with E-state index in [1.165, 1.54) is 6.07 Å². The number of benzene rings is 1. The van der Waals surface area contributed by atoms with Gasteiger partial charge in [0.1, 0.15) is 11.2 Å². The van der Waals surface area contributed by atoms with Gasteiger partial charge in [0, 0.05) is 22.9 Å². The Morgan fingerprint density at radius 1 is 1.16 bits per heavy atom. The lowest BCUT2D eigenvalue weighted by atomic mass is 9.99. The van der Waals surface area contributed by atoms with E-state index in [4.69, 9.17) is 8.83 Å². The normalized spacial score (nSPS) is 13.4. The number of hydrogen-bond acceptors (Lipinski definition) is 4. The molecule has 2 heterocycles. The van der Waals surface area contributed by atoms with Crippen molar-refractivity contribution in [2.75, 3.05) is 0 Å². The average Bonchev–Trinajstić information content (AvgIpc) is 2.98. The van der Waals surface area contributed by atoms with E-state index in [1.807, 2.05) is 32.9 Å². The summed E-state index contributed by atoms with van der Waals surface area (Å²) in [6.07, 6.45) is 6.40. The second kappa shape index (κ2) is 7.11. The maximum absolute atomic E-state index is 11.5. The molecule has 25 heavy (non-hydrogen) atoms. The van der Waals surface area contributed by atoms with Gasteiger partial charge in [-0.05, 0) is 51.3 Å². The van der Waals surface area contributed by atoms with Crippen LogP contribution < -0.4 is 5.63 Å². The van der Waals surface area contributed by atoms with Crippen LogP contribution in [0.4, 0.5) is 0 Å². The summed E-state index contributed by atoms with van der Waals surface area (Å²) in [6, 6.07) is 6.91. The Morgan fingerprint density at radius 2 is 1.92 bits per heavy atom. The molecule has 1 aromatic carbocycles. The second-order valence-corrected chi connectivity index (χ2v) is 6.62. The molecule has 4 nitrogen and oxygen atoms in total. The Bertz CT molecular complexity index is 1010. The topological polar surface area (TPSA) is 63.6 Å². The zero-order valence-electron chi connectivity index (χ0n) is 14.7. The molecule has 0 amide bonds. The van der Waals surface area contributed by atoms with Crippen molar-refractivity contribution < 1.29 is 13.9 Å². The van der Waals surface area contributed by atoms with Gasteiger partial charge in [-0.1, -0.05) is 23.3 Å². The Labute approximate surface area is 146 Å². The van der Waals surface area contributed by atoms with Crippen LogP contribution in [0.5, 0.6) is 0 Å². The molecule has 0 saturated heterocycles. The fraction of sp³-hybridized carbons (Fsp3) is 0.286. The van der Waals surface area contributed by atoms with E-state index in [2.05, 4.69) is 6.08 Å². The van der Waals surface area contributed by atoms with Crippen molar-refractivity contribution in [1.82, 2.24) is 0 Å². The van der Waals surface area contributed by atoms with Gasteiger partial charge < -0.3 is 13.9 Å². The third kappa shape index (κ3) is 3.91. The largest absolute Gasteiger partial charge is 0.464 e. The summed E-state index contributed by atoms with van der Waals surface area (Å²) in [5.41, 5.74) is 4.12. The van der Waals surface area contributed by atoms with E-state index in [-0.39, 0.29) is 5.63 Å². The zero-order valence-corrected chi connectivity index (χ0v) is 14.7. The van der Waals surface area contributed by atoms with Crippen molar-refractivity contribution in [1.29, 1.82) is 0 Å². The molecule has 3 aromatic rings. The van der Waals surface area contributed by atoms with Crippen LogP contribution in [0.25, 0.3) is 21.9 Å². The maximum Gasteiger partial charge on any atom is 0.336 e. The van der Waals surface area contributed by atoms with Crippen molar-refractivity contribution in [3.05, 3.63) is 69.8 Å². The van der Waals surface area contributed by atoms with Crippen LogP contribution in [0.3, 0.4) is 0 Å². The number of allylic oxidation sites excluding steroid dienone is 2. The van der Waals surface area contributed by atoms with Gasteiger partial charge in [-0.2, -0.15) is 0 Å². The zero-order chi connectivity index (χ0) is 18.0. The quantitative estimate of drug-likeness (QED) is 0.539. The highest BCUT2D eigenvalue weighted by molar-refractivity contribution is 5.97. The predicted octanol–water partition coefficient (Wildman–Crippen LogP) is 4.75. The first-order chi connectivity index (χ1) is 11.9. The SMILES string of the molecule is CC(C)=C[C@H](O)C/C(C)=C/Cc1c2ccoc2cc2oc(=O)ccc12. The molecule has 1 N–H and O–H groups in total. The van der Waals surface area contributed by atoms with E-state index >= 15 is 0 Å². The van der Waals surface area contributed by atoms with E-state index in [0.29, 0.717) is 24.0 Å². The first kappa shape index (κ1) is 17.2. The molecular formula is C21H22O4. The van der Waals surface area contributed by atoms with Gasteiger partial charge in [0.15, 0.2) is 0 Å². The number of hydrogen-bond donors (Lipinski definition) is 1. The van der Waals surface area contributed by atoms with Crippen molar-refractivity contribution in [2.24, 2.45) is 0 Å². The first-order valence-electron chi connectivity index (χ1n) is 8.35. The first-order valence-corrected chi connectivity index (χ1v) is 8.35. The summed E-state index contributed by atoms with van der Waals surface area (Å²) < 4.78 is 10.8. The molecule has 4 heteroatoms. The molecule has 0 spiro atoms. The van der Waals surface area contributed by atoms with Gasteiger partial charge >= 0.3 is 5.63 Å². The van der Waals surface area contributed by atoms with Crippen LogP contribution in [-0.4, -0.2) is 11.2 Å². The molecule has 0 bridgehead atoms.